The lowest BCUT2D eigenvalue weighted by Gasteiger charge is -2.13. The van der Waals surface area contributed by atoms with Gasteiger partial charge in [0.15, 0.2) is 0 Å². The smallest absolute Gasteiger partial charge is 0.0410 e. The van der Waals surface area contributed by atoms with Crippen molar-refractivity contribution in [3.63, 3.8) is 0 Å². The Labute approximate surface area is 114 Å². The summed E-state index contributed by atoms with van der Waals surface area (Å²) in [5, 5.41) is 4.31. The van der Waals surface area contributed by atoms with Gasteiger partial charge in [-0.2, -0.15) is 11.8 Å². The molecule has 4 heteroatoms. The molecule has 0 amide bonds. The number of rotatable bonds is 5. The molecule has 0 unspecified atom stereocenters. The largest absolute Gasteiger partial charge is 0.311 e. The van der Waals surface area contributed by atoms with Crippen LogP contribution in [0.25, 0.3) is 0 Å². The van der Waals surface area contributed by atoms with Crippen LogP contribution >= 0.6 is 39.3 Å². The summed E-state index contributed by atoms with van der Waals surface area (Å²) >= 11 is 11.5. The third kappa shape index (κ3) is 3.16. The standard InChI is InChI=1S/C12H15BrClNS/c1-16-12(4-5-12)8-15-7-9-6-10(14)2-3-11(9)13/h2-3,6,15H,4-5,7-8H2,1H3. The van der Waals surface area contributed by atoms with Crippen molar-refractivity contribution in [2.75, 3.05) is 12.8 Å². The van der Waals surface area contributed by atoms with Crippen molar-refractivity contribution >= 4 is 39.3 Å². The predicted octanol–water partition coefficient (Wildman–Crippen LogP) is 4.09. The first-order chi connectivity index (χ1) is 7.65. The van der Waals surface area contributed by atoms with Gasteiger partial charge >= 0.3 is 0 Å². The lowest BCUT2D eigenvalue weighted by molar-refractivity contribution is 0.662. The molecular weight excluding hydrogens is 306 g/mol. The van der Waals surface area contributed by atoms with E-state index in [9.17, 15) is 0 Å². The molecule has 1 N–H and O–H groups in total. The second kappa shape index (κ2) is 5.30. The van der Waals surface area contributed by atoms with Crippen LogP contribution in [0.1, 0.15) is 18.4 Å². The maximum absolute atomic E-state index is 5.97. The van der Waals surface area contributed by atoms with Crippen molar-refractivity contribution in [3.05, 3.63) is 33.3 Å². The number of halogens is 2. The van der Waals surface area contributed by atoms with E-state index in [1.807, 2.05) is 30.0 Å². The molecule has 16 heavy (non-hydrogen) atoms. The van der Waals surface area contributed by atoms with Gasteiger partial charge in [0.05, 0.1) is 0 Å². The minimum absolute atomic E-state index is 0.519. The van der Waals surface area contributed by atoms with Crippen LogP contribution in [-0.2, 0) is 6.54 Å². The van der Waals surface area contributed by atoms with Crippen molar-refractivity contribution < 1.29 is 0 Å². The van der Waals surface area contributed by atoms with E-state index in [4.69, 9.17) is 11.6 Å². The SMILES string of the molecule is CSC1(CNCc2cc(Cl)ccc2Br)CC1. The second-order valence-electron chi connectivity index (χ2n) is 4.23. The molecule has 1 saturated carbocycles. The quantitative estimate of drug-likeness (QED) is 0.877. The molecule has 0 aliphatic heterocycles. The molecule has 0 radical (unpaired) electrons. The fourth-order valence-electron chi connectivity index (χ4n) is 1.70. The zero-order chi connectivity index (χ0) is 11.6. The van der Waals surface area contributed by atoms with Gasteiger partial charge in [0.2, 0.25) is 0 Å². The molecule has 88 valence electrons. The lowest BCUT2D eigenvalue weighted by Crippen LogP contribution is -2.25. The summed E-state index contributed by atoms with van der Waals surface area (Å²) in [5.41, 5.74) is 1.23. The highest BCUT2D eigenvalue weighted by Crippen LogP contribution is 2.46. The average Bonchev–Trinajstić information content (AvgIpc) is 3.04. The van der Waals surface area contributed by atoms with E-state index in [-0.39, 0.29) is 0 Å². The average molecular weight is 321 g/mol. The molecule has 2 rings (SSSR count). The molecule has 1 fully saturated rings. The Bertz CT molecular complexity index is 379. The molecule has 0 bridgehead atoms. The van der Waals surface area contributed by atoms with Crippen LogP contribution in [0.2, 0.25) is 5.02 Å². The number of hydrogen-bond acceptors (Lipinski definition) is 2. The Balaban J connectivity index is 1.87. The first-order valence-electron chi connectivity index (χ1n) is 5.35. The van der Waals surface area contributed by atoms with Crippen LogP contribution in [-0.4, -0.2) is 17.5 Å². The Morgan fingerprint density at radius 3 is 2.88 bits per heavy atom. The minimum Gasteiger partial charge on any atom is -0.311 e. The van der Waals surface area contributed by atoms with Crippen molar-refractivity contribution in [3.8, 4) is 0 Å². The zero-order valence-corrected chi connectivity index (χ0v) is 12.4. The molecule has 0 spiro atoms. The van der Waals surface area contributed by atoms with Crippen molar-refractivity contribution in [2.45, 2.75) is 24.1 Å². The van der Waals surface area contributed by atoms with Gasteiger partial charge in [-0.1, -0.05) is 27.5 Å². The molecule has 1 aromatic rings. The van der Waals surface area contributed by atoms with Gasteiger partial charge < -0.3 is 5.32 Å². The van der Waals surface area contributed by atoms with E-state index in [2.05, 4.69) is 27.5 Å². The summed E-state index contributed by atoms with van der Waals surface area (Å²) in [6.45, 7) is 1.97. The van der Waals surface area contributed by atoms with Gasteiger partial charge in [-0.3, -0.25) is 0 Å². The van der Waals surface area contributed by atoms with E-state index < -0.39 is 0 Å². The van der Waals surface area contributed by atoms with Crippen molar-refractivity contribution in [1.29, 1.82) is 0 Å². The summed E-state index contributed by atoms with van der Waals surface area (Å²) in [4.78, 5) is 0. The monoisotopic (exact) mass is 319 g/mol. The van der Waals surface area contributed by atoms with Gasteiger partial charge in [0, 0.05) is 27.3 Å². The van der Waals surface area contributed by atoms with Gasteiger partial charge in [0.25, 0.3) is 0 Å². The van der Waals surface area contributed by atoms with E-state index in [1.165, 1.54) is 18.4 Å². The van der Waals surface area contributed by atoms with Crippen LogP contribution in [0.4, 0.5) is 0 Å². The molecule has 1 aliphatic rings. The molecule has 0 atom stereocenters. The van der Waals surface area contributed by atoms with Crippen LogP contribution in [0, 0.1) is 0 Å². The summed E-state index contributed by atoms with van der Waals surface area (Å²) in [6, 6.07) is 5.91. The molecule has 1 nitrogen and oxygen atoms in total. The number of nitrogens with one attached hydrogen (secondary N) is 1. The second-order valence-corrected chi connectivity index (χ2v) is 6.79. The summed E-state index contributed by atoms with van der Waals surface area (Å²) < 4.78 is 1.64. The Kier molecular flexibility index (Phi) is 4.22. The van der Waals surface area contributed by atoms with Gasteiger partial charge in [-0.25, -0.2) is 0 Å². The maximum Gasteiger partial charge on any atom is 0.0410 e. The fraction of sp³-hybridized carbons (Fsp3) is 0.500. The highest BCUT2D eigenvalue weighted by Gasteiger charge is 2.41. The van der Waals surface area contributed by atoms with Crippen LogP contribution in [0.5, 0.6) is 0 Å². The van der Waals surface area contributed by atoms with Crippen LogP contribution in [0.3, 0.4) is 0 Å². The van der Waals surface area contributed by atoms with Crippen LogP contribution < -0.4 is 5.32 Å². The van der Waals surface area contributed by atoms with Gasteiger partial charge in [-0.05, 0) is 42.9 Å². The number of hydrogen-bond donors (Lipinski definition) is 1. The zero-order valence-electron chi connectivity index (χ0n) is 9.22. The topological polar surface area (TPSA) is 12.0 Å². The summed E-state index contributed by atoms with van der Waals surface area (Å²) in [6.07, 6.45) is 4.89. The normalized spacial score (nSPS) is 17.4. The van der Waals surface area contributed by atoms with Crippen molar-refractivity contribution in [1.82, 2.24) is 5.32 Å². The number of benzene rings is 1. The Hall–Kier alpha value is 0.300. The molecular formula is C12H15BrClNS. The summed E-state index contributed by atoms with van der Waals surface area (Å²) in [5.74, 6) is 0. The predicted molar refractivity (Wildman–Crippen MR) is 76.3 cm³/mol. The third-order valence-corrected chi connectivity index (χ3v) is 5.44. The van der Waals surface area contributed by atoms with E-state index >= 15 is 0 Å². The lowest BCUT2D eigenvalue weighted by atomic mass is 10.2. The van der Waals surface area contributed by atoms with Crippen molar-refractivity contribution in [2.24, 2.45) is 0 Å². The molecule has 0 aromatic heterocycles. The molecule has 0 heterocycles. The number of thioether (sulfide) groups is 1. The molecule has 1 aliphatic carbocycles. The molecule has 1 aromatic carbocycles. The first kappa shape index (κ1) is 12.7. The van der Waals surface area contributed by atoms with E-state index in [1.54, 1.807) is 0 Å². The molecule has 0 saturated heterocycles. The van der Waals surface area contributed by atoms with E-state index in [0.29, 0.717) is 4.75 Å². The highest BCUT2D eigenvalue weighted by molar-refractivity contribution is 9.10. The fourth-order valence-corrected chi connectivity index (χ4v) is 3.03. The van der Waals surface area contributed by atoms with Crippen LogP contribution in [0.15, 0.2) is 22.7 Å². The summed E-state index contributed by atoms with van der Waals surface area (Å²) in [7, 11) is 0. The maximum atomic E-state index is 5.97. The minimum atomic E-state index is 0.519. The van der Waals surface area contributed by atoms with Gasteiger partial charge in [-0.15, -0.1) is 0 Å². The Morgan fingerprint density at radius 1 is 1.50 bits per heavy atom. The third-order valence-electron chi connectivity index (χ3n) is 3.01. The van der Waals surface area contributed by atoms with E-state index in [0.717, 1.165) is 22.6 Å². The highest BCUT2D eigenvalue weighted by atomic mass is 79.9. The first-order valence-corrected chi connectivity index (χ1v) is 7.75. The Morgan fingerprint density at radius 2 is 2.25 bits per heavy atom. The van der Waals surface area contributed by atoms with Gasteiger partial charge in [0.1, 0.15) is 0 Å².